The molecular formula is C23H30F2N7O7P. The van der Waals surface area contributed by atoms with Gasteiger partial charge in [0.15, 0.2) is 23.2 Å². The highest BCUT2D eigenvalue weighted by Crippen LogP contribution is 2.48. The van der Waals surface area contributed by atoms with E-state index >= 15 is 4.39 Å². The van der Waals surface area contributed by atoms with Crippen molar-refractivity contribution in [3.63, 3.8) is 0 Å². The van der Waals surface area contributed by atoms with Crippen molar-refractivity contribution in [2.45, 2.75) is 44.0 Å². The van der Waals surface area contributed by atoms with E-state index in [0.29, 0.717) is 0 Å². The van der Waals surface area contributed by atoms with Gasteiger partial charge in [0.05, 0.1) is 19.5 Å². The summed E-state index contributed by atoms with van der Waals surface area (Å²) in [5.74, 6) is -0.520. The van der Waals surface area contributed by atoms with Gasteiger partial charge in [-0.05, 0) is 26.0 Å². The molecule has 3 aromatic rings. The molecule has 0 spiro atoms. The zero-order valence-corrected chi connectivity index (χ0v) is 22.8. The molecule has 3 heterocycles. The van der Waals surface area contributed by atoms with Crippen molar-refractivity contribution in [1.29, 1.82) is 0 Å². The molecule has 0 amide bonds. The van der Waals surface area contributed by atoms with Gasteiger partial charge in [0.2, 0.25) is 11.6 Å². The van der Waals surface area contributed by atoms with Gasteiger partial charge in [-0.2, -0.15) is 15.1 Å². The predicted octanol–water partition coefficient (Wildman–Crippen LogP) is 2.13. The number of nitrogens with two attached hydrogens (primary N) is 1. The van der Waals surface area contributed by atoms with Gasteiger partial charge in [0, 0.05) is 7.05 Å². The average Bonchev–Trinajstić information content (AvgIpc) is 3.46. The van der Waals surface area contributed by atoms with Crippen LogP contribution in [0.1, 0.15) is 20.1 Å². The van der Waals surface area contributed by atoms with Gasteiger partial charge in [-0.15, -0.1) is 0 Å². The number of para-hydroxylation sites is 1. The monoisotopic (exact) mass is 585 g/mol. The number of nitrogen functional groups attached to an aromatic ring is 1. The van der Waals surface area contributed by atoms with Crippen LogP contribution in [0.15, 0.2) is 36.7 Å². The molecule has 1 aliphatic rings. The normalized spacial score (nSPS) is 24.9. The van der Waals surface area contributed by atoms with E-state index in [9.17, 15) is 18.9 Å². The van der Waals surface area contributed by atoms with Gasteiger partial charge < -0.3 is 30.2 Å². The second kappa shape index (κ2) is 12.0. The highest BCUT2D eigenvalue weighted by Gasteiger charge is 2.59. The molecule has 1 saturated heterocycles. The van der Waals surface area contributed by atoms with E-state index in [4.69, 9.17) is 24.3 Å². The number of halogens is 2. The Kier molecular flexibility index (Phi) is 8.85. The number of imidazole rings is 1. The van der Waals surface area contributed by atoms with Crippen LogP contribution in [0.5, 0.6) is 5.75 Å². The molecule has 4 rings (SSSR count). The standard InChI is InChI=1S/C23H30F2N7O7P/c1-4-36-20(34)13(2)31-40(35,39-14-8-6-5-7-9-14)37-10-15-17(33)23(25,11-24)21(38-15)32-12-28-16-18(27-3)29-22(26)30-19(16)32/h5-9,12-13,15,17,21,33H,4,10-11H2,1-3H3,(H,31,35)(H3,26,27,29,30)/t13?,15?,17-,21-,23-,40-/m1/s1. The van der Waals surface area contributed by atoms with Gasteiger partial charge >= 0.3 is 13.7 Å². The summed E-state index contributed by atoms with van der Waals surface area (Å²) in [5.41, 5.74) is 3.00. The van der Waals surface area contributed by atoms with Crippen LogP contribution in [-0.4, -0.2) is 81.4 Å². The number of rotatable bonds is 12. The van der Waals surface area contributed by atoms with Crippen molar-refractivity contribution in [1.82, 2.24) is 24.6 Å². The predicted molar refractivity (Wildman–Crippen MR) is 139 cm³/mol. The van der Waals surface area contributed by atoms with Crippen LogP contribution < -0.4 is 20.7 Å². The summed E-state index contributed by atoms with van der Waals surface area (Å²) in [5, 5.41) is 16.0. The Morgan fingerprint density at radius 3 is 2.73 bits per heavy atom. The van der Waals surface area contributed by atoms with E-state index in [1.54, 1.807) is 32.2 Å². The maximum Gasteiger partial charge on any atom is 0.459 e. The fourth-order valence-corrected chi connectivity index (χ4v) is 5.60. The Morgan fingerprint density at radius 2 is 2.08 bits per heavy atom. The molecule has 0 aliphatic carbocycles. The van der Waals surface area contributed by atoms with Crippen molar-refractivity contribution >= 4 is 36.6 Å². The van der Waals surface area contributed by atoms with E-state index in [2.05, 4.69) is 25.4 Å². The number of aromatic nitrogens is 4. The Hall–Kier alpha value is -3.43. The minimum Gasteiger partial charge on any atom is -0.465 e. The second-order valence-corrected chi connectivity index (χ2v) is 10.5. The number of ether oxygens (including phenoxy) is 2. The number of nitrogens with one attached hydrogen (secondary N) is 2. The number of anilines is 2. The molecule has 0 radical (unpaired) electrons. The minimum atomic E-state index is -4.36. The molecule has 0 saturated carbocycles. The lowest BCUT2D eigenvalue weighted by molar-refractivity contribution is -0.144. The number of benzene rings is 1. The molecule has 1 fully saturated rings. The van der Waals surface area contributed by atoms with Crippen molar-refractivity contribution in [3.05, 3.63) is 36.7 Å². The van der Waals surface area contributed by atoms with E-state index in [0.717, 1.165) is 10.9 Å². The van der Waals surface area contributed by atoms with Crippen LogP contribution in [0.2, 0.25) is 0 Å². The highest BCUT2D eigenvalue weighted by molar-refractivity contribution is 7.52. The molecule has 2 aromatic heterocycles. The maximum atomic E-state index is 16.0. The summed E-state index contributed by atoms with van der Waals surface area (Å²) in [6, 6.07) is 6.80. The number of hydrogen-bond donors (Lipinski definition) is 4. The number of esters is 1. The van der Waals surface area contributed by atoms with Crippen LogP contribution in [0.25, 0.3) is 11.2 Å². The van der Waals surface area contributed by atoms with Gasteiger partial charge in [-0.1, -0.05) is 18.2 Å². The minimum absolute atomic E-state index is 0.0223. The van der Waals surface area contributed by atoms with Crippen LogP contribution in [-0.2, 0) is 23.4 Å². The second-order valence-electron chi connectivity index (χ2n) is 8.84. The van der Waals surface area contributed by atoms with Crippen LogP contribution in [0.3, 0.4) is 0 Å². The van der Waals surface area contributed by atoms with E-state index in [1.807, 2.05) is 0 Å². The summed E-state index contributed by atoms with van der Waals surface area (Å²) < 4.78 is 66.5. The number of nitrogens with zero attached hydrogens (tertiary/aromatic N) is 4. The number of aliphatic hydroxyl groups is 1. The fourth-order valence-electron chi connectivity index (χ4n) is 4.10. The summed E-state index contributed by atoms with van der Waals surface area (Å²) in [6.07, 6.45) is -4.21. The Balaban J connectivity index is 1.59. The van der Waals surface area contributed by atoms with Crippen molar-refractivity contribution in [3.8, 4) is 5.75 Å². The first-order valence-electron chi connectivity index (χ1n) is 12.2. The average molecular weight is 586 g/mol. The zero-order valence-electron chi connectivity index (χ0n) is 21.9. The zero-order chi connectivity index (χ0) is 29.1. The third-order valence-electron chi connectivity index (χ3n) is 6.06. The highest BCUT2D eigenvalue weighted by atomic mass is 31.2. The van der Waals surface area contributed by atoms with E-state index in [-0.39, 0.29) is 35.3 Å². The largest absolute Gasteiger partial charge is 0.465 e. The number of alkyl halides is 2. The van der Waals surface area contributed by atoms with E-state index in [1.165, 1.54) is 19.1 Å². The number of carbonyl (C=O) groups is 1. The number of hydrogen-bond acceptors (Lipinski definition) is 12. The molecular weight excluding hydrogens is 555 g/mol. The number of carbonyl (C=O) groups excluding carboxylic acids is 1. The van der Waals surface area contributed by atoms with Gasteiger partial charge in [-0.25, -0.2) is 18.3 Å². The molecule has 6 atom stereocenters. The summed E-state index contributed by atoms with van der Waals surface area (Å²) in [4.78, 5) is 24.4. The Morgan fingerprint density at radius 1 is 1.35 bits per heavy atom. The fraction of sp³-hybridized carbons (Fsp3) is 0.478. The molecule has 218 valence electrons. The molecule has 14 nitrogen and oxygen atoms in total. The van der Waals surface area contributed by atoms with Crippen molar-refractivity contribution in [2.75, 3.05) is 38.0 Å². The molecule has 0 bridgehead atoms. The van der Waals surface area contributed by atoms with Crippen molar-refractivity contribution < 1.29 is 41.8 Å². The maximum absolute atomic E-state index is 16.0. The Bertz CT molecular complexity index is 1380. The molecule has 1 aromatic carbocycles. The molecule has 40 heavy (non-hydrogen) atoms. The lowest BCUT2D eigenvalue weighted by Crippen LogP contribution is -2.45. The summed E-state index contributed by atoms with van der Waals surface area (Å²) in [6.45, 7) is 0.697. The summed E-state index contributed by atoms with van der Waals surface area (Å²) >= 11 is 0. The van der Waals surface area contributed by atoms with Gasteiger partial charge in [-0.3, -0.25) is 13.9 Å². The topological polar surface area (TPSA) is 185 Å². The van der Waals surface area contributed by atoms with Crippen LogP contribution >= 0.6 is 7.75 Å². The molecule has 5 N–H and O–H groups in total. The third kappa shape index (κ3) is 5.86. The smallest absolute Gasteiger partial charge is 0.459 e. The molecule has 2 unspecified atom stereocenters. The first-order valence-corrected chi connectivity index (χ1v) is 13.8. The van der Waals surface area contributed by atoms with Crippen LogP contribution in [0, 0.1) is 0 Å². The lowest BCUT2D eigenvalue weighted by atomic mass is 9.97. The van der Waals surface area contributed by atoms with Crippen molar-refractivity contribution in [2.24, 2.45) is 0 Å². The Labute approximate surface area is 227 Å². The SMILES string of the molecule is CCOC(=O)C(C)N[P@@](=O)(OCC1O[C@@H](n2cnc3c(NC)nc(N)nc32)[C@@](F)(CF)[C@@H]1O)Oc1ccccc1. The molecule has 17 heteroatoms. The first kappa shape index (κ1) is 29.6. The molecule has 1 aliphatic heterocycles. The quantitative estimate of drug-likeness (QED) is 0.179. The summed E-state index contributed by atoms with van der Waals surface area (Å²) in [7, 11) is -2.80. The number of aliphatic hydroxyl groups excluding tert-OH is 1. The lowest BCUT2D eigenvalue weighted by Gasteiger charge is -2.26. The number of fused-ring (bicyclic) bond motifs is 1. The third-order valence-corrected chi connectivity index (χ3v) is 7.70. The van der Waals surface area contributed by atoms with E-state index < -0.39 is 57.1 Å². The van der Waals surface area contributed by atoms with Gasteiger partial charge in [0.1, 0.15) is 30.7 Å². The van der Waals surface area contributed by atoms with Gasteiger partial charge in [0.25, 0.3) is 0 Å². The first-order chi connectivity index (χ1) is 19.0. The van der Waals surface area contributed by atoms with Crippen LogP contribution in [0.4, 0.5) is 20.5 Å².